The molecule has 0 amide bonds. The Morgan fingerprint density at radius 3 is 3.50 bits per heavy atom. The van der Waals surface area contributed by atoms with Crippen LogP contribution in [0.2, 0.25) is 0 Å². The van der Waals surface area contributed by atoms with Crippen LogP contribution in [-0.2, 0) is 4.99 Å². The van der Waals surface area contributed by atoms with Gasteiger partial charge < -0.3 is 0 Å². The van der Waals surface area contributed by atoms with Gasteiger partial charge in [-0.3, -0.25) is 0 Å². The molecule has 0 spiro atoms. The quantitative estimate of drug-likeness (QED) is 0.148. The van der Waals surface area contributed by atoms with Gasteiger partial charge in [0.25, 0.3) is 0 Å². The molecule has 1 heterocycles. The fourth-order valence-corrected chi connectivity index (χ4v) is 16.5. The van der Waals surface area contributed by atoms with E-state index in [2.05, 4.69) is 17.1 Å². The molecule has 1 fully saturated rings. The van der Waals surface area contributed by atoms with Crippen LogP contribution < -0.4 is 17.1 Å². The first-order valence-corrected chi connectivity index (χ1v) is 13.4. The Morgan fingerprint density at radius 1 is 2.67 bits per heavy atom. The van der Waals surface area contributed by atoms with Crippen LogP contribution in [0.5, 0.6) is 0 Å². The van der Waals surface area contributed by atoms with Gasteiger partial charge in [0.1, 0.15) is 0 Å². The van der Waals surface area contributed by atoms with E-state index < -0.39 is 32.7 Å². The van der Waals surface area contributed by atoms with Crippen LogP contribution in [0.1, 0.15) is 0 Å². The summed E-state index contributed by atoms with van der Waals surface area (Å²) in [6.45, 7) is 2.45. The molecular formula is H5I2NO2P-. The average Bonchev–Trinajstić information content (AvgIpc) is 2.19. The van der Waals surface area contributed by atoms with Crippen molar-refractivity contribution < 1.29 is 27.4 Å². The molecule has 0 aromatic rings. The minimum absolute atomic E-state index is 1.26. The Kier molecular flexibility index (Phi) is 1.21. The summed E-state index contributed by atoms with van der Waals surface area (Å²) in [5.74, 6) is 0. The van der Waals surface area contributed by atoms with Crippen LogP contribution in [0.15, 0.2) is 0 Å². The number of halogens is 2. The van der Waals surface area contributed by atoms with Crippen LogP contribution in [0.3, 0.4) is 0 Å². The Balaban J connectivity index is 2.33. The third-order valence-corrected chi connectivity index (χ3v) is 16.4. The zero-order valence-electron chi connectivity index (χ0n) is 5.60. The molecule has 0 saturated carbocycles. The standard InChI is InChI=1S/H5I2NO2P/c4-5-3-1-2(3)6/h4H,1,6H2/q-1/i1T2/hD. The van der Waals surface area contributed by atoms with Gasteiger partial charge in [-0.05, 0) is 0 Å². The average molecular weight is 341 g/mol. The summed E-state index contributed by atoms with van der Waals surface area (Å²) < 4.78 is 21.9. The molecule has 6 heteroatoms. The van der Waals surface area contributed by atoms with E-state index in [1.54, 1.807) is 0 Å². The second-order valence-electron chi connectivity index (χ2n) is 0.584. The molecule has 1 aliphatic rings. The third kappa shape index (κ3) is 1.38. The van der Waals surface area contributed by atoms with Crippen molar-refractivity contribution in [2.45, 2.75) is 0 Å². The normalized spacial score (nSPS) is 57.8. The van der Waals surface area contributed by atoms with Crippen molar-refractivity contribution in [1.29, 1.82) is 2.62 Å². The molecule has 0 radical (unpaired) electrons. The number of hydrogen-bond acceptors (Lipinski definition) is 3. The molecule has 6 heavy (non-hydrogen) atoms. The van der Waals surface area contributed by atoms with Crippen LogP contribution in [0.4, 0.5) is 0 Å². The predicted molar refractivity (Wildman–Crippen MR) is 32.1 cm³/mol. The fourth-order valence-electron chi connectivity index (χ4n) is 0.0782. The van der Waals surface area contributed by atoms with Gasteiger partial charge in [0.2, 0.25) is 0 Å². The monoisotopic (exact) mass is 341 g/mol. The molecule has 0 bridgehead atoms. The zero-order valence-corrected chi connectivity index (χ0v) is 8.07. The van der Waals surface area contributed by atoms with Crippen LogP contribution >= 0.6 is 22.5 Å². The zero-order chi connectivity index (χ0) is 7.07. The van der Waals surface area contributed by atoms with Crippen molar-refractivity contribution in [1.82, 2.24) is 1.49 Å². The minimum atomic E-state index is -3.01. The van der Waals surface area contributed by atoms with Crippen molar-refractivity contribution in [3.63, 3.8) is 0 Å². The Morgan fingerprint density at radius 2 is 3.33 bits per heavy atom. The maximum absolute atomic E-state index is 7.25. The van der Waals surface area contributed by atoms with E-state index >= 15 is 0 Å². The second kappa shape index (κ2) is 2.36. The SMILES string of the molecule is [2H]OON1I(P)[I-]1([3H])[3H]. The van der Waals surface area contributed by atoms with E-state index in [1.807, 2.05) is 0 Å². The van der Waals surface area contributed by atoms with Gasteiger partial charge in [0, 0.05) is 0 Å². The summed E-state index contributed by atoms with van der Waals surface area (Å²) in [5.41, 5.74) is 0. The second-order valence-corrected chi connectivity index (χ2v) is 22.7. The Hall–Kier alpha value is 1.77. The summed E-state index contributed by atoms with van der Waals surface area (Å²) >= 11 is -4.60. The van der Waals surface area contributed by atoms with Crippen molar-refractivity contribution in [2.24, 2.45) is 0 Å². The molecule has 3 nitrogen and oxygen atoms in total. The first-order valence-electron chi connectivity index (χ1n) is 2.21. The first kappa shape index (κ1) is 3.07. The van der Waals surface area contributed by atoms with E-state index in [-0.39, 0.29) is 0 Å². The fraction of sp³-hybridized carbons (Fsp3) is 0. The van der Waals surface area contributed by atoms with Crippen LogP contribution in [0, 0.1) is 0 Å². The summed E-state index contributed by atoms with van der Waals surface area (Å²) in [5, 5.41) is 3.58. The van der Waals surface area contributed by atoms with Crippen molar-refractivity contribution in [3.8, 4) is 0 Å². The van der Waals surface area contributed by atoms with Gasteiger partial charge in [-0.1, -0.05) is 0 Å². The number of hydrogen-bond donors (Lipinski definition) is 1. The summed E-state index contributed by atoms with van der Waals surface area (Å²) in [7, 11) is 0. The van der Waals surface area contributed by atoms with Crippen molar-refractivity contribution >= 4 is 22.5 Å². The summed E-state index contributed by atoms with van der Waals surface area (Å²) in [6.07, 6.45) is 0. The van der Waals surface area contributed by atoms with Crippen LogP contribution in [0.25, 0.3) is 1.43 Å². The molecule has 0 aromatic heterocycles. The van der Waals surface area contributed by atoms with Gasteiger partial charge in [-0.25, -0.2) is 0 Å². The molecule has 42 valence electrons. The molecule has 1 aliphatic heterocycles. The molecule has 0 aromatic carbocycles. The van der Waals surface area contributed by atoms with Crippen molar-refractivity contribution in [2.75, 3.05) is 0 Å². The van der Waals surface area contributed by atoms with E-state index in [0.29, 0.717) is 0 Å². The van der Waals surface area contributed by atoms with Crippen LogP contribution in [-0.4, -0.2) is 7.94 Å². The van der Waals surface area contributed by atoms with E-state index in [0.717, 1.165) is 0 Å². The summed E-state index contributed by atoms with van der Waals surface area (Å²) in [4.78, 5) is 4.23. The molecule has 2 unspecified atom stereocenters. The number of nitrogens with zero attached hydrogens (tertiary/aromatic N) is 1. The molecule has 2 atom stereocenters. The van der Waals surface area contributed by atoms with Gasteiger partial charge >= 0.3 is 53.9 Å². The predicted octanol–water partition coefficient (Wildman–Crippen LogP) is -2.70. The maximum atomic E-state index is 7.25. The van der Waals surface area contributed by atoms with Gasteiger partial charge in [0.05, 0.1) is 0 Å². The third-order valence-electron chi connectivity index (χ3n) is 0.286. The molecule has 1 N–H and O–H groups in total. The van der Waals surface area contributed by atoms with E-state index in [4.69, 9.17) is 2.62 Å². The molecule has 1 rings (SSSR count). The molecule has 1 saturated heterocycles. The Labute approximate surface area is 53.6 Å². The van der Waals surface area contributed by atoms with Gasteiger partial charge in [0.15, 0.2) is 0 Å². The van der Waals surface area contributed by atoms with E-state index in [1.165, 1.54) is 1.49 Å². The topological polar surface area (TPSA) is 32.5 Å². The summed E-state index contributed by atoms with van der Waals surface area (Å²) in [6, 6.07) is 0. The molecular weight excluding hydrogens is 331 g/mol. The van der Waals surface area contributed by atoms with Gasteiger partial charge in [-0.15, -0.1) is 0 Å². The van der Waals surface area contributed by atoms with E-state index in [9.17, 15) is 0 Å². The Bertz CT molecular complexity index is 122. The van der Waals surface area contributed by atoms with Crippen molar-refractivity contribution in [3.05, 3.63) is 0 Å². The number of rotatable bonds is 2. The molecule has 0 aliphatic carbocycles. The first-order chi connectivity index (χ1) is 4.10. The van der Waals surface area contributed by atoms with Gasteiger partial charge in [-0.2, -0.15) is 0 Å².